The summed E-state index contributed by atoms with van der Waals surface area (Å²) in [6.07, 6.45) is -3.64. The Morgan fingerprint density at radius 1 is 1.13 bits per heavy atom. The predicted molar refractivity (Wildman–Crippen MR) is 99.9 cm³/mol. The molecule has 0 bridgehead atoms. The third-order valence-corrected chi connectivity index (χ3v) is 6.08. The normalized spacial score (nSPS) is 27.9. The number of piperidine rings is 2. The van der Waals surface area contributed by atoms with Gasteiger partial charge in [0, 0.05) is 37.7 Å². The lowest BCUT2D eigenvalue weighted by molar-refractivity contribution is -0.193. The van der Waals surface area contributed by atoms with Gasteiger partial charge in [-0.05, 0) is 36.5 Å². The lowest BCUT2D eigenvalue weighted by Gasteiger charge is -2.39. The van der Waals surface area contributed by atoms with Crippen molar-refractivity contribution >= 4 is 17.7 Å². The molecule has 4 rings (SSSR count). The Balaban J connectivity index is 1.52. The fourth-order valence-corrected chi connectivity index (χ4v) is 4.55. The van der Waals surface area contributed by atoms with Crippen LogP contribution in [0.1, 0.15) is 47.2 Å². The molecule has 2 fully saturated rings. The van der Waals surface area contributed by atoms with Crippen LogP contribution in [0.5, 0.6) is 0 Å². The van der Waals surface area contributed by atoms with Gasteiger partial charge >= 0.3 is 6.18 Å². The van der Waals surface area contributed by atoms with Crippen LogP contribution in [0, 0.1) is 0 Å². The van der Waals surface area contributed by atoms with E-state index in [1.807, 2.05) is 0 Å². The summed E-state index contributed by atoms with van der Waals surface area (Å²) in [5, 5.41) is 2.25. The molecule has 0 saturated carbocycles. The first-order chi connectivity index (χ1) is 14.1. The average molecular weight is 424 g/mol. The van der Waals surface area contributed by atoms with Gasteiger partial charge in [-0.15, -0.1) is 0 Å². The molecule has 7 nitrogen and oxygen atoms in total. The van der Waals surface area contributed by atoms with E-state index in [2.05, 4.69) is 5.32 Å². The Labute approximate surface area is 171 Å². The molecule has 30 heavy (non-hydrogen) atoms. The Kier molecular flexibility index (Phi) is 5.31. The topological polar surface area (TPSA) is 95.7 Å². The molecule has 3 amide bonds. The quantitative estimate of drug-likeness (QED) is 0.714. The Bertz CT molecular complexity index is 889. The molecule has 3 aliphatic rings. The molecule has 3 aliphatic heterocycles. The van der Waals surface area contributed by atoms with Crippen LogP contribution in [0.15, 0.2) is 18.2 Å². The number of hydrogen-bond acceptors (Lipinski definition) is 5. The van der Waals surface area contributed by atoms with E-state index in [1.165, 1.54) is 9.80 Å². The average Bonchev–Trinajstić information content (AvgIpc) is 2.97. The van der Waals surface area contributed by atoms with Crippen molar-refractivity contribution in [2.24, 2.45) is 5.73 Å². The van der Waals surface area contributed by atoms with E-state index in [9.17, 15) is 27.6 Å². The highest BCUT2D eigenvalue weighted by Crippen LogP contribution is 2.34. The van der Waals surface area contributed by atoms with Crippen LogP contribution in [0.3, 0.4) is 0 Å². The van der Waals surface area contributed by atoms with E-state index in [1.54, 1.807) is 18.2 Å². The van der Waals surface area contributed by atoms with Crippen LogP contribution in [0.2, 0.25) is 0 Å². The highest BCUT2D eigenvalue weighted by Gasteiger charge is 2.46. The number of amides is 3. The number of carbonyl (C=O) groups excluding carboxylic acids is 3. The van der Waals surface area contributed by atoms with Crippen LogP contribution in [-0.2, 0) is 22.7 Å². The second-order valence-corrected chi connectivity index (χ2v) is 8.22. The molecule has 0 radical (unpaired) electrons. The SMILES string of the molecule is NC1CCC(C(F)(F)F)N(Cc2ccc3c(c2)C(=O)N(C2CCC(=O)NC2=O)C3)C1. The number of rotatable bonds is 3. The molecule has 3 heterocycles. The van der Waals surface area contributed by atoms with Crippen molar-refractivity contribution in [1.82, 2.24) is 15.1 Å². The number of halogens is 3. The number of hydrogen-bond donors (Lipinski definition) is 2. The molecule has 0 aromatic heterocycles. The maximum Gasteiger partial charge on any atom is 0.404 e. The minimum Gasteiger partial charge on any atom is -0.327 e. The van der Waals surface area contributed by atoms with Gasteiger partial charge in [0.1, 0.15) is 12.1 Å². The minimum atomic E-state index is -4.34. The summed E-state index contributed by atoms with van der Waals surface area (Å²) in [4.78, 5) is 39.1. The van der Waals surface area contributed by atoms with Gasteiger partial charge in [0.15, 0.2) is 0 Å². The number of benzene rings is 1. The van der Waals surface area contributed by atoms with Crippen molar-refractivity contribution < 1.29 is 27.6 Å². The second-order valence-electron chi connectivity index (χ2n) is 8.22. The number of nitrogens with one attached hydrogen (secondary N) is 1. The number of nitrogens with zero attached hydrogens (tertiary/aromatic N) is 2. The van der Waals surface area contributed by atoms with Gasteiger partial charge in [0.05, 0.1) is 0 Å². The maximum absolute atomic E-state index is 13.4. The molecule has 162 valence electrons. The van der Waals surface area contributed by atoms with Crippen LogP contribution >= 0.6 is 0 Å². The number of alkyl halides is 3. The van der Waals surface area contributed by atoms with Gasteiger partial charge in [-0.3, -0.25) is 24.6 Å². The minimum absolute atomic E-state index is 0.0385. The number of imide groups is 1. The zero-order valence-electron chi connectivity index (χ0n) is 16.2. The summed E-state index contributed by atoms with van der Waals surface area (Å²) >= 11 is 0. The molecule has 3 unspecified atom stereocenters. The first-order valence-corrected chi connectivity index (χ1v) is 9.96. The Hall–Kier alpha value is -2.46. The molecule has 0 spiro atoms. The summed E-state index contributed by atoms with van der Waals surface area (Å²) in [5.74, 6) is -1.20. The molecule has 0 aliphatic carbocycles. The summed E-state index contributed by atoms with van der Waals surface area (Å²) in [6.45, 7) is 0.412. The van der Waals surface area contributed by atoms with Crippen molar-refractivity contribution in [2.45, 2.75) is 63.1 Å². The lowest BCUT2D eigenvalue weighted by Crippen LogP contribution is -2.54. The van der Waals surface area contributed by atoms with E-state index in [-0.39, 0.29) is 56.8 Å². The molecule has 10 heteroatoms. The van der Waals surface area contributed by atoms with E-state index < -0.39 is 24.2 Å². The summed E-state index contributed by atoms with van der Waals surface area (Å²) < 4.78 is 40.3. The highest BCUT2D eigenvalue weighted by atomic mass is 19.4. The van der Waals surface area contributed by atoms with Crippen molar-refractivity contribution in [3.05, 3.63) is 34.9 Å². The van der Waals surface area contributed by atoms with E-state index in [4.69, 9.17) is 5.73 Å². The van der Waals surface area contributed by atoms with Gasteiger partial charge < -0.3 is 10.6 Å². The summed E-state index contributed by atoms with van der Waals surface area (Å²) in [7, 11) is 0. The number of nitrogens with two attached hydrogens (primary N) is 1. The fourth-order valence-electron chi connectivity index (χ4n) is 4.55. The molecule has 3 N–H and O–H groups in total. The van der Waals surface area contributed by atoms with Crippen molar-refractivity contribution in [1.29, 1.82) is 0 Å². The first-order valence-electron chi connectivity index (χ1n) is 9.96. The lowest BCUT2D eigenvalue weighted by atomic mass is 9.97. The zero-order chi connectivity index (χ0) is 21.6. The summed E-state index contributed by atoms with van der Waals surface area (Å²) in [6, 6.07) is 2.45. The number of carbonyl (C=O) groups is 3. The summed E-state index contributed by atoms with van der Waals surface area (Å²) in [5.41, 5.74) is 7.59. The van der Waals surface area contributed by atoms with Crippen LogP contribution in [0.25, 0.3) is 0 Å². The van der Waals surface area contributed by atoms with Crippen LogP contribution in [-0.4, -0.2) is 58.4 Å². The first kappa shape index (κ1) is 20.8. The smallest absolute Gasteiger partial charge is 0.327 e. The standard InChI is InChI=1S/C20H23F3N4O3/c21-20(22,23)16-5-3-13(24)10-26(16)8-11-1-2-12-9-27(19(30)14(12)7-11)15-4-6-17(28)25-18(15)29/h1-2,7,13,15-16H,3-6,8-10,24H2,(H,25,28,29). The maximum atomic E-state index is 13.4. The van der Waals surface area contributed by atoms with Gasteiger partial charge in [0.2, 0.25) is 11.8 Å². The van der Waals surface area contributed by atoms with Gasteiger partial charge in [-0.25, -0.2) is 0 Å². The third kappa shape index (κ3) is 3.93. The third-order valence-electron chi connectivity index (χ3n) is 6.08. The molecule has 3 atom stereocenters. The van der Waals surface area contributed by atoms with Gasteiger partial charge in [-0.2, -0.15) is 13.2 Å². The monoisotopic (exact) mass is 424 g/mol. The fraction of sp³-hybridized carbons (Fsp3) is 0.550. The number of likely N-dealkylation sites (tertiary alicyclic amines) is 1. The Morgan fingerprint density at radius 2 is 1.90 bits per heavy atom. The van der Waals surface area contributed by atoms with Crippen molar-refractivity contribution in [3.8, 4) is 0 Å². The molecule has 1 aromatic carbocycles. The van der Waals surface area contributed by atoms with Crippen molar-refractivity contribution in [3.63, 3.8) is 0 Å². The highest BCUT2D eigenvalue weighted by molar-refractivity contribution is 6.05. The molecule has 2 saturated heterocycles. The van der Waals surface area contributed by atoms with Crippen molar-refractivity contribution in [2.75, 3.05) is 6.54 Å². The van der Waals surface area contributed by atoms with E-state index in [0.717, 1.165) is 5.56 Å². The zero-order valence-corrected chi connectivity index (χ0v) is 16.2. The van der Waals surface area contributed by atoms with Gasteiger partial charge in [-0.1, -0.05) is 12.1 Å². The van der Waals surface area contributed by atoms with E-state index >= 15 is 0 Å². The molecular weight excluding hydrogens is 401 g/mol. The largest absolute Gasteiger partial charge is 0.404 e. The molecular formula is C20H23F3N4O3. The van der Waals surface area contributed by atoms with Crippen LogP contribution in [0.4, 0.5) is 13.2 Å². The Morgan fingerprint density at radius 3 is 2.60 bits per heavy atom. The van der Waals surface area contributed by atoms with Gasteiger partial charge in [0.25, 0.3) is 5.91 Å². The van der Waals surface area contributed by atoms with Crippen LogP contribution < -0.4 is 11.1 Å². The second kappa shape index (κ2) is 7.66. The predicted octanol–water partition coefficient (Wildman–Crippen LogP) is 1.30. The molecule has 1 aromatic rings. The van der Waals surface area contributed by atoms with E-state index in [0.29, 0.717) is 17.5 Å². The number of fused-ring (bicyclic) bond motifs is 1.